The highest BCUT2D eigenvalue weighted by Crippen LogP contribution is 2.09. The van der Waals surface area contributed by atoms with Gasteiger partial charge in [-0.1, -0.05) is 13.8 Å². The fraction of sp³-hybridized carbons (Fsp3) is 0.846. The van der Waals surface area contributed by atoms with Crippen LogP contribution in [0.1, 0.15) is 19.7 Å². The van der Waals surface area contributed by atoms with E-state index in [0.717, 1.165) is 45.2 Å². The summed E-state index contributed by atoms with van der Waals surface area (Å²) in [6, 6.07) is 0. The van der Waals surface area contributed by atoms with Crippen molar-refractivity contribution in [3.8, 4) is 0 Å². The molecule has 0 radical (unpaired) electrons. The van der Waals surface area contributed by atoms with Crippen molar-refractivity contribution in [3.05, 3.63) is 12.2 Å². The number of hydrogen-bond acceptors (Lipinski definition) is 5. The first kappa shape index (κ1) is 14.4. The van der Waals surface area contributed by atoms with Gasteiger partial charge in [-0.15, -0.1) is 0 Å². The topological polar surface area (TPSA) is 55.2 Å². The average Bonchev–Trinajstić information content (AvgIpc) is 2.77. The van der Waals surface area contributed by atoms with Gasteiger partial charge in [0.1, 0.15) is 12.2 Å². The van der Waals surface area contributed by atoms with Gasteiger partial charge in [0.2, 0.25) is 0 Å². The lowest BCUT2D eigenvalue weighted by atomic mass is 10.2. The molecule has 0 aliphatic carbocycles. The first-order valence-electron chi connectivity index (χ1n) is 7.04. The molecule has 0 saturated carbocycles. The Morgan fingerprint density at radius 2 is 2.37 bits per heavy atom. The molecule has 0 amide bonds. The van der Waals surface area contributed by atoms with Crippen molar-refractivity contribution in [2.75, 3.05) is 33.3 Å². The van der Waals surface area contributed by atoms with Crippen molar-refractivity contribution in [2.24, 2.45) is 5.92 Å². The molecule has 1 aromatic heterocycles. The number of rotatable bonds is 6. The Labute approximate surface area is 115 Å². The summed E-state index contributed by atoms with van der Waals surface area (Å²) in [6.45, 7) is 9.80. The number of likely N-dealkylation sites (N-methyl/N-ethyl adjacent to an activating group) is 1. The molecule has 2 rings (SSSR count). The Hall–Kier alpha value is -0.980. The Morgan fingerprint density at radius 1 is 1.53 bits per heavy atom. The summed E-state index contributed by atoms with van der Waals surface area (Å²) in [5.74, 6) is 1.64. The average molecular weight is 267 g/mol. The molecular formula is C13H25N5O. The largest absolute Gasteiger partial charge is 0.374 e. The molecule has 1 saturated heterocycles. The molecule has 1 aliphatic rings. The van der Waals surface area contributed by atoms with Gasteiger partial charge < -0.3 is 10.1 Å². The van der Waals surface area contributed by atoms with Crippen molar-refractivity contribution in [3.63, 3.8) is 0 Å². The molecular weight excluding hydrogens is 242 g/mol. The monoisotopic (exact) mass is 267 g/mol. The van der Waals surface area contributed by atoms with Crippen molar-refractivity contribution in [1.29, 1.82) is 0 Å². The van der Waals surface area contributed by atoms with E-state index in [-0.39, 0.29) is 6.10 Å². The van der Waals surface area contributed by atoms with Gasteiger partial charge in [-0.3, -0.25) is 4.90 Å². The fourth-order valence-electron chi connectivity index (χ4n) is 2.38. The minimum atomic E-state index is 0.278. The number of morpholine rings is 1. The highest BCUT2D eigenvalue weighted by atomic mass is 16.5. The molecule has 108 valence electrons. The minimum Gasteiger partial charge on any atom is -0.374 e. The maximum Gasteiger partial charge on any atom is 0.141 e. The number of hydrogen-bond donors (Lipinski definition) is 1. The standard InChI is InChI=1S/C13H25N5O/c1-11(2)7-18-13(15-10-16-18)9-17-4-5-19-12(8-17)6-14-3/h10-12,14H,4-9H2,1-3H3. The Bertz CT molecular complexity index is 377. The third-order valence-corrected chi connectivity index (χ3v) is 3.25. The number of nitrogens with zero attached hydrogens (tertiary/aromatic N) is 4. The summed E-state index contributed by atoms with van der Waals surface area (Å²) >= 11 is 0. The van der Waals surface area contributed by atoms with Crippen LogP contribution in [0.15, 0.2) is 6.33 Å². The van der Waals surface area contributed by atoms with Gasteiger partial charge >= 0.3 is 0 Å². The maximum absolute atomic E-state index is 5.72. The van der Waals surface area contributed by atoms with E-state index in [2.05, 4.69) is 34.1 Å². The van der Waals surface area contributed by atoms with E-state index in [1.54, 1.807) is 6.33 Å². The van der Waals surface area contributed by atoms with Gasteiger partial charge in [-0.2, -0.15) is 5.10 Å². The highest BCUT2D eigenvalue weighted by Gasteiger charge is 2.21. The molecule has 19 heavy (non-hydrogen) atoms. The van der Waals surface area contributed by atoms with E-state index in [0.29, 0.717) is 5.92 Å². The number of ether oxygens (including phenoxy) is 1. The van der Waals surface area contributed by atoms with Crippen molar-refractivity contribution in [1.82, 2.24) is 25.0 Å². The fourth-order valence-corrected chi connectivity index (χ4v) is 2.38. The number of nitrogens with one attached hydrogen (secondary N) is 1. The van der Waals surface area contributed by atoms with Crippen molar-refractivity contribution >= 4 is 0 Å². The van der Waals surface area contributed by atoms with E-state index in [1.807, 2.05) is 11.7 Å². The molecule has 0 aromatic carbocycles. The summed E-state index contributed by atoms with van der Waals surface area (Å²) in [5, 5.41) is 7.48. The Balaban J connectivity index is 1.91. The maximum atomic E-state index is 5.72. The van der Waals surface area contributed by atoms with Crippen LogP contribution in [-0.2, 0) is 17.8 Å². The molecule has 6 heteroatoms. The normalized spacial score (nSPS) is 21.2. The van der Waals surface area contributed by atoms with E-state index in [9.17, 15) is 0 Å². The first-order chi connectivity index (χ1) is 9.19. The molecule has 1 unspecified atom stereocenters. The molecule has 1 aliphatic heterocycles. The predicted octanol–water partition coefficient (Wildman–Crippen LogP) is 0.354. The van der Waals surface area contributed by atoms with Crippen molar-refractivity contribution < 1.29 is 4.74 Å². The van der Waals surface area contributed by atoms with E-state index in [1.165, 1.54) is 0 Å². The third kappa shape index (κ3) is 4.26. The van der Waals surface area contributed by atoms with Crippen LogP contribution in [0.2, 0.25) is 0 Å². The quantitative estimate of drug-likeness (QED) is 0.806. The van der Waals surface area contributed by atoms with Crippen molar-refractivity contribution in [2.45, 2.75) is 33.0 Å². The molecule has 1 atom stereocenters. The number of aromatic nitrogens is 3. The smallest absolute Gasteiger partial charge is 0.141 e. The van der Waals surface area contributed by atoms with Crippen LogP contribution in [0.25, 0.3) is 0 Å². The van der Waals surface area contributed by atoms with Crippen LogP contribution in [-0.4, -0.2) is 59.1 Å². The Kier molecular flexibility index (Phi) is 5.30. The van der Waals surface area contributed by atoms with Gasteiger partial charge in [0.25, 0.3) is 0 Å². The molecule has 0 bridgehead atoms. The second-order valence-electron chi connectivity index (χ2n) is 5.54. The SMILES string of the molecule is CNCC1CN(Cc2ncnn2CC(C)C)CCO1. The minimum absolute atomic E-state index is 0.278. The lowest BCUT2D eigenvalue weighted by Gasteiger charge is -2.32. The predicted molar refractivity (Wildman–Crippen MR) is 73.8 cm³/mol. The van der Waals surface area contributed by atoms with Gasteiger partial charge in [-0.05, 0) is 13.0 Å². The van der Waals surface area contributed by atoms with Gasteiger partial charge in [-0.25, -0.2) is 9.67 Å². The van der Waals surface area contributed by atoms with Crippen LogP contribution >= 0.6 is 0 Å². The summed E-state index contributed by atoms with van der Waals surface area (Å²) in [5.41, 5.74) is 0. The van der Waals surface area contributed by atoms with E-state index < -0.39 is 0 Å². The highest BCUT2D eigenvalue weighted by molar-refractivity contribution is 4.87. The molecule has 2 heterocycles. The van der Waals surface area contributed by atoms with Gasteiger partial charge in [0.05, 0.1) is 19.3 Å². The molecule has 1 aromatic rings. The Morgan fingerprint density at radius 3 is 3.11 bits per heavy atom. The molecule has 6 nitrogen and oxygen atoms in total. The zero-order valence-corrected chi connectivity index (χ0v) is 12.2. The molecule has 1 N–H and O–H groups in total. The molecule has 0 spiro atoms. The second kappa shape index (κ2) is 6.98. The summed E-state index contributed by atoms with van der Waals surface area (Å²) in [6.07, 6.45) is 1.93. The van der Waals surface area contributed by atoms with E-state index in [4.69, 9.17) is 4.74 Å². The lowest BCUT2D eigenvalue weighted by Crippen LogP contribution is -2.46. The lowest BCUT2D eigenvalue weighted by molar-refractivity contribution is -0.0303. The van der Waals surface area contributed by atoms with Crippen LogP contribution < -0.4 is 5.32 Å². The first-order valence-corrected chi connectivity index (χ1v) is 7.04. The van der Waals surface area contributed by atoms with Gasteiger partial charge in [0.15, 0.2) is 0 Å². The third-order valence-electron chi connectivity index (χ3n) is 3.25. The van der Waals surface area contributed by atoms with E-state index >= 15 is 0 Å². The zero-order chi connectivity index (χ0) is 13.7. The van der Waals surface area contributed by atoms with Crippen LogP contribution in [0, 0.1) is 5.92 Å². The summed E-state index contributed by atoms with van der Waals surface area (Å²) in [7, 11) is 1.96. The summed E-state index contributed by atoms with van der Waals surface area (Å²) < 4.78 is 7.74. The summed E-state index contributed by atoms with van der Waals surface area (Å²) in [4.78, 5) is 6.78. The van der Waals surface area contributed by atoms with Crippen LogP contribution in [0.4, 0.5) is 0 Å². The molecule has 1 fully saturated rings. The second-order valence-corrected chi connectivity index (χ2v) is 5.54. The van der Waals surface area contributed by atoms with Gasteiger partial charge in [0, 0.05) is 26.2 Å². The van der Waals surface area contributed by atoms with Crippen LogP contribution in [0.5, 0.6) is 0 Å². The van der Waals surface area contributed by atoms with Crippen LogP contribution in [0.3, 0.4) is 0 Å². The zero-order valence-electron chi connectivity index (χ0n) is 12.2.